The number of carbonyl (C=O) groups is 4. The van der Waals surface area contributed by atoms with Gasteiger partial charge in [0.1, 0.15) is 25.9 Å². The number of carbonyl (C=O) groups excluding carboxylic acids is 4. The molecule has 66 heavy (non-hydrogen) atoms. The molecule has 0 bridgehead atoms. The number of hydrogen-bond donors (Lipinski definition) is 0. The minimum atomic E-state index is -3.92. The van der Waals surface area contributed by atoms with Crippen LogP contribution >= 0.6 is 0 Å². The lowest BCUT2D eigenvalue weighted by Crippen LogP contribution is -2.40. The zero-order valence-electron chi connectivity index (χ0n) is 37.5. The van der Waals surface area contributed by atoms with Crippen molar-refractivity contribution in [3.8, 4) is 0 Å². The van der Waals surface area contributed by atoms with E-state index in [1.54, 1.807) is 78.9 Å². The Hall–Kier alpha value is -5.23. The zero-order chi connectivity index (χ0) is 46.8. The first-order valence-corrected chi connectivity index (χ1v) is 23.9. The van der Waals surface area contributed by atoms with E-state index in [0.717, 1.165) is 11.1 Å². The number of ether oxygens (including phenoxy) is 9. The van der Waals surface area contributed by atoms with E-state index in [1.165, 1.54) is 26.4 Å². The molecular weight excluding hydrogens is 873 g/mol. The first-order chi connectivity index (χ1) is 31.8. The predicted molar refractivity (Wildman–Crippen MR) is 238 cm³/mol. The van der Waals surface area contributed by atoms with Crippen LogP contribution in [-0.2, 0) is 62.1 Å². The van der Waals surface area contributed by atoms with Gasteiger partial charge in [-0.15, -0.1) is 0 Å². The molecule has 4 heterocycles. The first-order valence-electron chi connectivity index (χ1n) is 22.3. The molecule has 3 aromatic carbocycles. The summed E-state index contributed by atoms with van der Waals surface area (Å²) in [5.74, 6) is -3.23. The Morgan fingerprint density at radius 2 is 1.48 bits per heavy atom. The summed E-state index contributed by atoms with van der Waals surface area (Å²) in [5, 5.41) is 0. The highest BCUT2D eigenvalue weighted by Gasteiger charge is 2.50. The number of rotatable bonds is 20. The lowest BCUT2D eigenvalue weighted by molar-refractivity contribution is -0.158. The van der Waals surface area contributed by atoms with Crippen LogP contribution in [0.3, 0.4) is 0 Å². The maximum atomic E-state index is 14.2. The van der Waals surface area contributed by atoms with Crippen LogP contribution < -0.4 is 0 Å². The summed E-state index contributed by atoms with van der Waals surface area (Å²) in [6.45, 7) is 5.50. The van der Waals surface area contributed by atoms with Crippen LogP contribution in [0.5, 0.6) is 0 Å². The monoisotopic (exact) mass is 930 g/mol. The van der Waals surface area contributed by atoms with Crippen molar-refractivity contribution < 1.29 is 70.2 Å². The van der Waals surface area contributed by atoms with Crippen molar-refractivity contribution in [3.63, 3.8) is 0 Å². The van der Waals surface area contributed by atoms with Gasteiger partial charge in [-0.3, -0.25) is 4.79 Å². The number of benzene rings is 3. The molecule has 354 valence electrons. The largest absolute Gasteiger partial charge is 0.459 e. The normalized spacial score (nSPS) is 26.9. The van der Waals surface area contributed by atoms with E-state index in [1.807, 2.05) is 6.92 Å². The molecule has 0 N–H and O–H groups in total. The second kappa shape index (κ2) is 22.5. The van der Waals surface area contributed by atoms with Crippen LogP contribution in [0.4, 0.5) is 0 Å². The van der Waals surface area contributed by atoms with Gasteiger partial charge in [-0.05, 0) is 80.2 Å². The van der Waals surface area contributed by atoms with Gasteiger partial charge in [0.25, 0.3) is 0 Å². The molecule has 10 atom stereocenters. The van der Waals surface area contributed by atoms with E-state index >= 15 is 0 Å². The van der Waals surface area contributed by atoms with E-state index < -0.39 is 70.3 Å². The molecule has 4 aliphatic rings. The third-order valence-electron chi connectivity index (χ3n) is 12.6. The van der Waals surface area contributed by atoms with E-state index in [4.69, 9.17) is 42.6 Å². The van der Waals surface area contributed by atoms with Crippen molar-refractivity contribution >= 4 is 33.7 Å². The van der Waals surface area contributed by atoms with Crippen molar-refractivity contribution in [2.75, 3.05) is 39.8 Å². The SMILES string of the molecule is C=C1C(CCC2CC(C)=C(COC(=O)COC)C(C[C@@H]3OC(CC(COC(=O)c4ccccc4)OC(=O)c4ccccc4)[C@H](OC)C3CS(=O)(=O)c3ccccc3)O2)O[C@H]2CCC(=O)O[C@@H]12. The average Bonchev–Trinajstić information content (AvgIpc) is 3.80. The summed E-state index contributed by atoms with van der Waals surface area (Å²) in [4.78, 5) is 51.4. The quantitative estimate of drug-likeness (QED) is 0.0709. The molecule has 3 aromatic rings. The van der Waals surface area contributed by atoms with Gasteiger partial charge < -0.3 is 42.6 Å². The van der Waals surface area contributed by atoms with Crippen LogP contribution in [0, 0.1) is 5.92 Å². The highest BCUT2D eigenvalue weighted by molar-refractivity contribution is 7.91. The minimum absolute atomic E-state index is 0.0232. The highest BCUT2D eigenvalue weighted by atomic mass is 32.2. The topological polar surface area (TPSA) is 185 Å². The number of sulfone groups is 1. The maximum Gasteiger partial charge on any atom is 0.338 e. The predicted octanol–water partition coefficient (Wildman–Crippen LogP) is 6.19. The third-order valence-corrected chi connectivity index (χ3v) is 14.4. The Labute approximate surface area is 385 Å². The molecule has 6 unspecified atom stereocenters. The molecule has 0 spiro atoms. The Morgan fingerprint density at radius 3 is 2.15 bits per heavy atom. The Bertz CT molecular complexity index is 2300. The molecule has 0 saturated carbocycles. The molecule has 0 radical (unpaired) electrons. The molecule has 16 heteroatoms. The van der Waals surface area contributed by atoms with Crippen LogP contribution in [-0.4, -0.2) is 127 Å². The number of methoxy groups -OCH3 is 2. The lowest BCUT2D eigenvalue weighted by Gasteiger charge is -2.36. The summed E-state index contributed by atoms with van der Waals surface area (Å²) in [6, 6.07) is 24.9. The summed E-state index contributed by atoms with van der Waals surface area (Å²) in [6.07, 6.45) is -3.01. The summed E-state index contributed by atoms with van der Waals surface area (Å²) in [7, 11) is -1.05. The lowest BCUT2D eigenvalue weighted by atomic mass is 9.87. The number of fused-ring (bicyclic) bond motifs is 1. The molecular formula is C50H58O15S. The average molecular weight is 931 g/mol. The van der Waals surface area contributed by atoms with Crippen molar-refractivity contribution in [2.24, 2.45) is 5.92 Å². The van der Waals surface area contributed by atoms with Gasteiger partial charge in [-0.25, -0.2) is 22.8 Å². The fourth-order valence-electron chi connectivity index (χ4n) is 9.28. The van der Waals surface area contributed by atoms with E-state index in [0.29, 0.717) is 43.2 Å². The van der Waals surface area contributed by atoms with Crippen LogP contribution in [0.1, 0.15) is 72.6 Å². The molecule has 0 aromatic heterocycles. The first kappa shape index (κ1) is 48.7. The minimum Gasteiger partial charge on any atom is -0.459 e. The summed E-state index contributed by atoms with van der Waals surface area (Å²) < 4.78 is 82.4. The zero-order valence-corrected chi connectivity index (χ0v) is 38.3. The van der Waals surface area contributed by atoms with Gasteiger partial charge in [-0.1, -0.05) is 66.7 Å². The Balaban J connectivity index is 1.15. The molecule has 0 aliphatic carbocycles. The van der Waals surface area contributed by atoms with Crippen LogP contribution in [0.25, 0.3) is 0 Å². The van der Waals surface area contributed by atoms with E-state index in [9.17, 15) is 27.6 Å². The fraction of sp³-hybridized carbons (Fsp3) is 0.480. The van der Waals surface area contributed by atoms with Crippen molar-refractivity contribution in [3.05, 3.63) is 125 Å². The standard InChI is InChI=1S/C50H58O15S/c1-31-24-35(20-21-40-32(2)47-41(63-40)22-23-45(51)65-47)61-42(38(31)28-59-46(52)29-57-3)26-43-39(30-66(55,56)37-18-12-7-13-19-37)48(58-4)44(64-43)25-36(62-50(54)34-16-10-6-11-17-34)27-60-49(53)33-14-8-5-9-15-33/h5-19,35-36,39-44,47-48H,2,20-30H2,1,3-4H3/t35?,36?,39?,40?,41-,42?,43-,44?,47-,48+/m0/s1. The number of hydrogen-bond acceptors (Lipinski definition) is 15. The van der Waals surface area contributed by atoms with Crippen molar-refractivity contribution in [2.45, 2.75) is 112 Å². The highest BCUT2D eigenvalue weighted by Crippen LogP contribution is 2.41. The van der Waals surface area contributed by atoms with Gasteiger partial charge in [0.05, 0.1) is 64.5 Å². The van der Waals surface area contributed by atoms with Crippen molar-refractivity contribution in [1.29, 1.82) is 0 Å². The number of esters is 4. The smallest absolute Gasteiger partial charge is 0.338 e. The van der Waals surface area contributed by atoms with Gasteiger partial charge in [0.2, 0.25) is 0 Å². The molecule has 15 nitrogen and oxygen atoms in total. The van der Waals surface area contributed by atoms with Crippen molar-refractivity contribution in [1.82, 2.24) is 0 Å². The molecule has 3 fully saturated rings. The summed E-state index contributed by atoms with van der Waals surface area (Å²) in [5.41, 5.74) is 2.97. The molecule has 3 saturated heterocycles. The molecule has 0 amide bonds. The Morgan fingerprint density at radius 1 is 0.818 bits per heavy atom. The van der Waals surface area contributed by atoms with E-state index in [2.05, 4.69) is 6.58 Å². The van der Waals surface area contributed by atoms with Gasteiger partial charge >= 0.3 is 23.9 Å². The molecule has 4 aliphatic heterocycles. The summed E-state index contributed by atoms with van der Waals surface area (Å²) >= 11 is 0. The van der Waals surface area contributed by atoms with Gasteiger partial charge in [-0.2, -0.15) is 0 Å². The second-order valence-electron chi connectivity index (χ2n) is 17.1. The Kier molecular flexibility index (Phi) is 16.6. The van der Waals surface area contributed by atoms with Gasteiger partial charge in [0, 0.05) is 39.4 Å². The van der Waals surface area contributed by atoms with Gasteiger partial charge in [0.15, 0.2) is 15.9 Å². The second-order valence-corrected chi connectivity index (χ2v) is 19.1. The maximum absolute atomic E-state index is 14.2. The van der Waals surface area contributed by atoms with Crippen LogP contribution in [0.15, 0.2) is 119 Å². The fourth-order valence-corrected chi connectivity index (χ4v) is 11.0. The van der Waals surface area contributed by atoms with E-state index in [-0.39, 0.29) is 73.2 Å². The van der Waals surface area contributed by atoms with Crippen LogP contribution in [0.2, 0.25) is 0 Å². The molecule has 7 rings (SSSR count). The third kappa shape index (κ3) is 12.2.